The Morgan fingerprint density at radius 2 is 1.65 bits per heavy atom. The molecule has 0 saturated heterocycles. The Morgan fingerprint density at radius 3 is 2.32 bits per heavy atom. The van der Waals surface area contributed by atoms with E-state index in [-0.39, 0.29) is 35.7 Å². The molecule has 0 N–H and O–H groups in total. The molecule has 0 aromatic heterocycles. The third-order valence-corrected chi connectivity index (χ3v) is 5.84. The summed E-state index contributed by atoms with van der Waals surface area (Å²) in [7, 11) is 0. The van der Waals surface area contributed by atoms with Gasteiger partial charge in [-0.3, -0.25) is 5.11 Å². The lowest BCUT2D eigenvalue weighted by Crippen LogP contribution is -2.25. The molecule has 8 heteroatoms. The van der Waals surface area contributed by atoms with Gasteiger partial charge in [0, 0.05) is 34.4 Å². The highest BCUT2D eigenvalue weighted by Crippen LogP contribution is 2.54. The maximum absolute atomic E-state index is 13.2. The highest BCUT2D eigenvalue weighted by molar-refractivity contribution is 6.22. The normalized spacial score (nSPS) is 11.9. The monoisotopic (exact) mass is 462 g/mol. The number of rotatable bonds is 7. The summed E-state index contributed by atoms with van der Waals surface area (Å²) in [6.45, 7) is 5.86. The molecule has 0 aliphatic carbocycles. The van der Waals surface area contributed by atoms with Crippen LogP contribution in [0.3, 0.4) is 0 Å². The number of fused-ring (bicyclic) bond motifs is 2. The first kappa shape index (κ1) is 23.2. The Kier molecular flexibility index (Phi) is 6.24. The van der Waals surface area contributed by atoms with Crippen LogP contribution in [0.5, 0.6) is 17.2 Å². The van der Waals surface area contributed by atoms with Crippen molar-refractivity contribution in [2.75, 3.05) is 24.7 Å². The third kappa shape index (κ3) is 3.65. The van der Waals surface area contributed by atoms with Crippen LogP contribution in [0, 0.1) is 0 Å². The summed E-state index contributed by atoms with van der Waals surface area (Å²) in [5.74, 6) is -3.28. The number of unbranched alkanes of at least 4 members (excludes halogenated alkanes) is 1. The largest absolute Gasteiger partial charge is 0.871 e. The minimum absolute atomic E-state index is 0.0287. The number of anilines is 2. The summed E-state index contributed by atoms with van der Waals surface area (Å²) in [6.07, 6.45) is 1.56. The molecular formula is C26H24NO7-2. The second-order valence-corrected chi connectivity index (χ2v) is 7.95. The minimum Gasteiger partial charge on any atom is -0.871 e. The zero-order valence-electron chi connectivity index (χ0n) is 19.2. The molecule has 0 amide bonds. The number of esters is 2. The Balaban J connectivity index is 2.20. The van der Waals surface area contributed by atoms with E-state index in [0.717, 1.165) is 12.8 Å². The van der Waals surface area contributed by atoms with Crippen molar-refractivity contribution in [2.24, 2.45) is 0 Å². The predicted molar refractivity (Wildman–Crippen MR) is 122 cm³/mol. The van der Waals surface area contributed by atoms with Crippen LogP contribution in [-0.2, 0) is 14.6 Å². The van der Waals surface area contributed by atoms with E-state index in [1.165, 1.54) is 24.3 Å². The van der Waals surface area contributed by atoms with Crippen molar-refractivity contribution in [3.8, 4) is 28.4 Å². The second kappa shape index (κ2) is 9.13. The van der Waals surface area contributed by atoms with Gasteiger partial charge < -0.3 is 24.6 Å². The van der Waals surface area contributed by atoms with Gasteiger partial charge in [-0.2, -0.15) is 0 Å². The molecule has 177 valence electrons. The van der Waals surface area contributed by atoms with Crippen LogP contribution in [0.4, 0.5) is 11.4 Å². The first-order valence-electron chi connectivity index (χ1n) is 11.3. The number of ether oxygens (including phenoxy) is 2. The number of hydrogen-bond acceptors (Lipinski definition) is 7. The smallest absolute Gasteiger partial charge is 0.339 e. The van der Waals surface area contributed by atoms with Crippen LogP contribution in [0.25, 0.3) is 21.9 Å². The third-order valence-electron chi connectivity index (χ3n) is 5.84. The lowest BCUT2D eigenvalue weighted by atomic mass is 9.84. The van der Waals surface area contributed by atoms with Crippen LogP contribution in [-0.4, -0.2) is 31.7 Å². The van der Waals surface area contributed by atoms with Crippen LogP contribution in [0.2, 0.25) is 0 Å². The number of nitrogens with zero attached hydrogens (tertiary/aromatic N) is 1. The zero-order valence-corrected chi connectivity index (χ0v) is 19.2. The summed E-state index contributed by atoms with van der Waals surface area (Å²) in [4.78, 5) is 27.8. The molecule has 0 spiro atoms. The first-order chi connectivity index (χ1) is 16.3. The van der Waals surface area contributed by atoms with Gasteiger partial charge in [0.25, 0.3) is 0 Å². The van der Waals surface area contributed by atoms with Gasteiger partial charge in [-0.25, -0.2) is 9.59 Å². The molecule has 0 atom stereocenters. The molecule has 1 heterocycles. The van der Waals surface area contributed by atoms with Crippen LogP contribution in [0.15, 0.2) is 30.3 Å². The topological polar surface area (TPSA) is 122 Å². The molecule has 34 heavy (non-hydrogen) atoms. The molecular weight excluding hydrogens is 438 g/mol. The van der Waals surface area contributed by atoms with Crippen molar-refractivity contribution in [1.29, 1.82) is 0 Å². The Hall–Kier alpha value is -3.94. The molecule has 3 aromatic carbocycles. The molecule has 0 unspecified atom stereocenters. The molecule has 0 fully saturated rings. The minimum atomic E-state index is -0.781. The Bertz CT molecular complexity index is 1300. The van der Waals surface area contributed by atoms with E-state index < -0.39 is 23.4 Å². The molecule has 4 rings (SSSR count). The summed E-state index contributed by atoms with van der Waals surface area (Å²) in [5, 5.41) is 38.9. The van der Waals surface area contributed by atoms with E-state index in [4.69, 9.17) is 9.47 Å². The van der Waals surface area contributed by atoms with Crippen molar-refractivity contribution in [1.82, 2.24) is 0 Å². The highest BCUT2D eigenvalue weighted by atomic mass is 16.5. The lowest BCUT2D eigenvalue weighted by Gasteiger charge is -2.38. The first-order valence-corrected chi connectivity index (χ1v) is 11.3. The quantitative estimate of drug-likeness (QED) is 0.477. The van der Waals surface area contributed by atoms with Gasteiger partial charge >= 0.3 is 11.9 Å². The van der Waals surface area contributed by atoms with Gasteiger partial charge in [-0.15, -0.1) is 0 Å². The van der Waals surface area contributed by atoms with Crippen molar-refractivity contribution in [2.45, 2.75) is 33.6 Å². The number of benzene rings is 3. The molecule has 0 saturated carbocycles. The fraction of sp³-hybridized carbons (Fsp3) is 0.308. The van der Waals surface area contributed by atoms with Gasteiger partial charge in [0.2, 0.25) is 0 Å². The van der Waals surface area contributed by atoms with Crippen LogP contribution < -0.4 is 15.1 Å². The molecule has 8 nitrogen and oxygen atoms in total. The van der Waals surface area contributed by atoms with Gasteiger partial charge in [0.05, 0.1) is 24.3 Å². The van der Waals surface area contributed by atoms with E-state index in [9.17, 15) is 24.9 Å². The van der Waals surface area contributed by atoms with E-state index in [1.54, 1.807) is 24.8 Å². The van der Waals surface area contributed by atoms with Gasteiger partial charge in [0.1, 0.15) is 0 Å². The van der Waals surface area contributed by atoms with E-state index in [1.807, 2.05) is 6.92 Å². The number of carbonyl (C=O) groups excluding carboxylic acids is 2. The molecule has 1 aliphatic rings. The summed E-state index contributed by atoms with van der Waals surface area (Å²) >= 11 is 0. The standard InChI is InChI=1S/C26H26NO7/c1-4-7-10-27-17-13-20(30)19(29)12-15(17)22-21-14(8-9-18(28)24(21)27)11-16(25(31)33-5-2)23(22)26(32)34-6-3/h8-9,11-13,28,30H,4-7,10H2,1-3H3/p-2. The number of carbonyl (C=O) groups is 2. The second-order valence-electron chi connectivity index (χ2n) is 7.95. The summed E-state index contributed by atoms with van der Waals surface area (Å²) in [6, 6.07) is 6.84. The summed E-state index contributed by atoms with van der Waals surface area (Å²) in [5.41, 5.74) is 1.06. The Labute approximate surface area is 197 Å². The maximum atomic E-state index is 13.2. The van der Waals surface area contributed by atoms with Crippen molar-refractivity contribution >= 4 is 34.1 Å². The van der Waals surface area contributed by atoms with Crippen molar-refractivity contribution in [3.63, 3.8) is 0 Å². The summed E-state index contributed by atoms with van der Waals surface area (Å²) < 4.78 is 10.5. The zero-order chi connectivity index (χ0) is 24.6. The van der Waals surface area contributed by atoms with Crippen molar-refractivity contribution < 1.29 is 34.4 Å². The van der Waals surface area contributed by atoms with E-state index in [2.05, 4.69) is 0 Å². The van der Waals surface area contributed by atoms with Gasteiger partial charge in [-0.05, 0) is 43.9 Å². The fourth-order valence-electron chi connectivity index (χ4n) is 4.42. The van der Waals surface area contributed by atoms with E-state index >= 15 is 0 Å². The fourth-order valence-corrected chi connectivity index (χ4v) is 4.42. The van der Waals surface area contributed by atoms with Crippen LogP contribution in [0.1, 0.15) is 54.3 Å². The average Bonchev–Trinajstić information content (AvgIpc) is 2.81. The Morgan fingerprint density at radius 1 is 0.941 bits per heavy atom. The lowest BCUT2D eigenvalue weighted by molar-refractivity contribution is -0.271. The van der Waals surface area contributed by atoms with E-state index in [0.29, 0.717) is 34.3 Å². The van der Waals surface area contributed by atoms with Crippen LogP contribution >= 0.6 is 0 Å². The molecule has 3 aromatic rings. The maximum Gasteiger partial charge on any atom is 0.339 e. The average molecular weight is 462 g/mol. The van der Waals surface area contributed by atoms with Gasteiger partial charge in [-0.1, -0.05) is 37.0 Å². The molecule has 0 bridgehead atoms. The number of hydrogen-bond donors (Lipinski definition) is 0. The highest BCUT2D eigenvalue weighted by Gasteiger charge is 2.33. The van der Waals surface area contributed by atoms with Crippen molar-refractivity contribution in [3.05, 3.63) is 41.5 Å². The van der Waals surface area contributed by atoms with Gasteiger partial charge in [0.15, 0.2) is 5.75 Å². The SMILES string of the molecule is CCCCN1c2cc([O-])c([O])cc2-c2c(C(=O)OCC)c(C(=O)OCC)cc3ccc([O-])c1c23. The predicted octanol–water partition coefficient (Wildman–Crippen LogP) is 4.40. The molecule has 1 radical (unpaired) electrons. The molecule has 1 aliphatic heterocycles.